The summed E-state index contributed by atoms with van der Waals surface area (Å²) in [4.78, 5) is 22.9. The van der Waals surface area contributed by atoms with Crippen LogP contribution in [-0.2, 0) is 28.5 Å². The topological polar surface area (TPSA) is 71.1 Å². The number of unbranched alkanes of at least 4 members (excludes halogenated alkanes) is 1. The fourth-order valence-corrected chi connectivity index (χ4v) is 1.60. The summed E-state index contributed by atoms with van der Waals surface area (Å²) in [5.74, 6) is -0.462. The van der Waals surface area contributed by atoms with Crippen LogP contribution in [0.2, 0.25) is 0 Å². The number of carbonyl (C=O) groups excluding carboxylic acids is 2. The van der Waals surface area contributed by atoms with E-state index in [2.05, 4.69) is 0 Å². The van der Waals surface area contributed by atoms with Crippen LogP contribution in [0.3, 0.4) is 0 Å². The number of methoxy groups -OCH3 is 2. The molecule has 0 fully saturated rings. The van der Waals surface area contributed by atoms with Crippen molar-refractivity contribution < 1.29 is 28.5 Å². The molecule has 6 heteroatoms. The minimum Gasteiger partial charge on any atom is -0.466 e. The van der Waals surface area contributed by atoms with Crippen LogP contribution in [0.5, 0.6) is 0 Å². The fourth-order valence-electron chi connectivity index (χ4n) is 1.60. The van der Waals surface area contributed by atoms with Crippen molar-refractivity contribution in [3.05, 3.63) is 0 Å². The first-order valence-corrected chi connectivity index (χ1v) is 7.86. The Morgan fingerprint density at radius 1 is 0.773 bits per heavy atom. The smallest absolute Gasteiger partial charge is 0.305 e. The number of hydrogen-bond donors (Lipinski definition) is 0. The molecule has 0 amide bonds. The van der Waals surface area contributed by atoms with E-state index in [4.69, 9.17) is 18.9 Å². The molecule has 0 heterocycles. The van der Waals surface area contributed by atoms with Crippen LogP contribution in [0.25, 0.3) is 0 Å². The third kappa shape index (κ3) is 12.6. The highest BCUT2D eigenvalue weighted by molar-refractivity contribution is 5.70. The van der Waals surface area contributed by atoms with Crippen LogP contribution in [0.4, 0.5) is 0 Å². The predicted octanol–water partition coefficient (Wildman–Crippen LogP) is 2.48. The summed E-state index contributed by atoms with van der Waals surface area (Å²) in [6, 6.07) is 0. The summed E-state index contributed by atoms with van der Waals surface area (Å²) >= 11 is 0. The maximum atomic E-state index is 11.4. The van der Waals surface area contributed by atoms with Crippen LogP contribution in [0.15, 0.2) is 0 Å². The predicted molar refractivity (Wildman–Crippen MR) is 82.6 cm³/mol. The number of rotatable bonds is 13. The molecule has 0 bridgehead atoms. The SMILES string of the molecule is COC(C)CCOC(=O)CCCCC(=O)OCCC(C)OC. The normalized spacial score (nSPS) is 13.5. The molecule has 0 saturated carbocycles. The molecule has 6 nitrogen and oxygen atoms in total. The Labute approximate surface area is 133 Å². The zero-order valence-corrected chi connectivity index (χ0v) is 14.3. The molecule has 0 N–H and O–H groups in total. The van der Waals surface area contributed by atoms with E-state index in [1.54, 1.807) is 14.2 Å². The molecule has 22 heavy (non-hydrogen) atoms. The van der Waals surface area contributed by atoms with Crippen LogP contribution in [-0.4, -0.2) is 51.6 Å². The number of carbonyl (C=O) groups is 2. The van der Waals surface area contributed by atoms with Gasteiger partial charge in [0.1, 0.15) is 0 Å². The second-order valence-electron chi connectivity index (χ2n) is 5.32. The van der Waals surface area contributed by atoms with Gasteiger partial charge in [-0.05, 0) is 26.7 Å². The monoisotopic (exact) mass is 318 g/mol. The minimum absolute atomic E-state index is 0.0865. The van der Waals surface area contributed by atoms with Gasteiger partial charge in [0.05, 0.1) is 25.4 Å². The summed E-state index contributed by atoms with van der Waals surface area (Å²) in [6.07, 6.45) is 3.46. The molecule has 0 radical (unpaired) electrons. The van der Waals surface area contributed by atoms with Crippen molar-refractivity contribution in [2.24, 2.45) is 0 Å². The second-order valence-corrected chi connectivity index (χ2v) is 5.32. The van der Waals surface area contributed by atoms with Crippen LogP contribution < -0.4 is 0 Å². The van der Waals surface area contributed by atoms with Crippen molar-refractivity contribution in [2.75, 3.05) is 27.4 Å². The molecular weight excluding hydrogens is 288 g/mol. The van der Waals surface area contributed by atoms with E-state index in [0.29, 0.717) is 51.7 Å². The fraction of sp³-hybridized carbons (Fsp3) is 0.875. The van der Waals surface area contributed by atoms with Crippen molar-refractivity contribution in [3.63, 3.8) is 0 Å². The van der Waals surface area contributed by atoms with Gasteiger partial charge in [0, 0.05) is 39.9 Å². The standard InChI is InChI=1S/C16H30O6/c1-13(19-3)9-11-21-15(17)7-5-6-8-16(18)22-12-10-14(2)20-4/h13-14H,5-12H2,1-4H3. The Morgan fingerprint density at radius 3 is 1.45 bits per heavy atom. The molecular formula is C16H30O6. The third-order valence-corrected chi connectivity index (χ3v) is 3.39. The summed E-state index contributed by atoms with van der Waals surface area (Å²) in [7, 11) is 3.25. The molecule has 0 saturated heterocycles. The van der Waals surface area contributed by atoms with E-state index in [9.17, 15) is 9.59 Å². The summed E-state index contributed by atoms with van der Waals surface area (Å²) in [5, 5.41) is 0. The lowest BCUT2D eigenvalue weighted by Crippen LogP contribution is -2.13. The number of ether oxygens (including phenoxy) is 4. The molecule has 0 aromatic heterocycles. The molecule has 0 aliphatic heterocycles. The average Bonchev–Trinajstić information content (AvgIpc) is 2.51. The molecule has 130 valence electrons. The van der Waals surface area contributed by atoms with Crippen molar-refractivity contribution >= 4 is 11.9 Å². The summed E-state index contributed by atoms with van der Waals surface area (Å²) in [5.41, 5.74) is 0. The lowest BCUT2D eigenvalue weighted by molar-refractivity contribution is -0.146. The lowest BCUT2D eigenvalue weighted by Gasteiger charge is -2.10. The van der Waals surface area contributed by atoms with Gasteiger partial charge in [0.15, 0.2) is 0 Å². The zero-order valence-electron chi connectivity index (χ0n) is 14.3. The van der Waals surface area contributed by atoms with E-state index in [-0.39, 0.29) is 24.1 Å². The van der Waals surface area contributed by atoms with E-state index < -0.39 is 0 Å². The largest absolute Gasteiger partial charge is 0.466 e. The van der Waals surface area contributed by atoms with Crippen LogP contribution in [0, 0.1) is 0 Å². The molecule has 0 aromatic carbocycles. The maximum Gasteiger partial charge on any atom is 0.305 e. The van der Waals surface area contributed by atoms with Crippen molar-refractivity contribution in [3.8, 4) is 0 Å². The zero-order chi connectivity index (χ0) is 16.8. The first-order chi connectivity index (χ1) is 10.5. The lowest BCUT2D eigenvalue weighted by atomic mass is 10.2. The van der Waals surface area contributed by atoms with Gasteiger partial charge in [0.2, 0.25) is 0 Å². The van der Waals surface area contributed by atoms with Gasteiger partial charge in [-0.1, -0.05) is 0 Å². The van der Waals surface area contributed by atoms with Gasteiger partial charge in [-0.3, -0.25) is 9.59 Å². The van der Waals surface area contributed by atoms with Gasteiger partial charge in [-0.15, -0.1) is 0 Å². The van der Waals surface area contributed by atoms with Gasteiger partial charge >= 0.3 is 11.9 Å². The van der Waals surface area contributed by atoms with E-state index in [1.165, 1.54) is 0 Å². The van der Waals surface area contributed by atoms with E-state index >= 15 is 0 Å². The van der Waals surface area contributed by atoms with Crippen molar-refractivity contribution in [1.29, 1.82) is 0 Å². The Kier molecular flexibility index (Phi) is 12.8. The van der Waals surface area contributed by atoms with Crippen molar-refractivity contribution in [2.45, 2.75) is 64.6 Å². The Balaban J connectivity index is 3.47. The van der Waals surface area contributed by atoms with Gasteiger partial charge in [0.25, 0.3) is 0 Å². The summed E-state index contributed by atoms with van der Waals surface area (Å²) < 4.78 is 20.3. The van der Waals surface area contributed by atoms with Gasteiger partial charge in [-0.2, -0.15) is 0 Å². The third-order valence-electron chi connectivity index (χ3n) is 3.39. The molecule has 0 aliphatic carbocycles. The maximum absolute atomic E-state index is 11.4. The Bertz CT molecular complexity index is 275. The van der Waals surface area contributed by atoms with Crippen LogP contribution >= 0.6 is 0 Å². The highest BCUT2D eigenvalue weighted by Crippen LogP contribution is 2.05. The highest BCUT2D eigenvalue weighted by atomic mass is 16.5. The Hall–Kier alpha value is -1.14. The number of hydrogen-bond acceptors (Lipinski definition) is 6. The average molecular weight is 318 g/mol. The molecule has 0 spiro atoms. The van der Waals surface area contributed by atoms with E-state index in [1.807, 2.05) is 13.8 Å². The Morgan fingerprint density at radius 2 is 1.14 bits per heavy atom. The molecule has 2 unspecified atom stereocenters. The number of esters is 2. The van der Waals surface area contributed by atoms with Crippen molar-refractivity contribution in [1.82, 2.24) is 0 Å². The molecule has 0 aromatic rings. The van der Waals surface area contributed by atoms with Gasteiger partial charge < -0.3 is 18.9 Å². The van der Waals surface area contributed by atoms with E-state index in [0.717, 1.165) is 0 Å². The minimum atomic E-state index is -0.231. The first-order valence-electron chi connectivity index (χ1n) is 7.86. The van der Waals surface area contributed by atoms with Gasteiger partial charge in [-0.25, -0.2) is 0 Å². The highest BCUT2D eigenvalue weighted by Gasteiger charge is 2.08. The molecule has 0 rings (SSSR count). The molecule has 0 aliphatic rings. The summed E-state index contributed by atoms with van der Waals surface area (Å²) in [6.45, 7) is 4.58. The second kappa shape index (κ2) is 13.5. The van der Waals surface area contributed by atoms with Crippen LogP contribution in [0.1, 0.15) is 52.4 Å². The molecule has 2 atom stereocenters. The first kappa shape index (κ1) is 20.9. The quantitative estimate of drug-likeness (QED) is 0.384.